The molecule has 2 amide bonds. The normalized spacial score (nSPS) is 19.1. The van der Waals surface area contributed by atoms with Crippen LogP contribution in [0.15, 0.2) is 18.2 Å². The van der Waals surface area contributed by atoms with E-state index >= 15 is 0 Å². The minimum atomic E-state index is -0.604. The summed E-state index contributed by atoms with van der Waals surface area (Å²) in [6, 6.07) is 2.28. The van der Waals surface area contributed by atoms with Crippen LogP contribution in [-0.4, -0.2) is 17.5 Å². The second kappa shape index (κ2) is 3.76. The minimum Gasteiger partial charge on any atom is -0.336 e. The Labute approximate surface area is 89.6 Å². The second-order valence-electron chi connectivity index (χ2n) is 3.37. The van der Waals surface area contributed by atoms with Crippen LogP contribution in [0.4, 0.5) is 14.9 Å². The molecule has 1 saturated heterocycles. The Morgan fingerprint density at radius 3 is 2.81 bits per heavy atom. The zero-order chi connectivity index (χ0) is 11.7. The van der Waals surface area contributed by atoms with Crippen LogP contribution in [-0.2, 0) is 0 Å². The average molecular weight is 225 g/mol. The highest BCUT2D eigenvalue weighted by Gasteiger charge is 2.25. The van der Waals surface area contributed by atoms with Gasteiger partial charge in [0.15, 0.2) is 0 Å². The Morgan fingerprint density at radius 1 is 1.50 bits per heavy atom. The number of hydrogen-bond acceptors (Lipinski definition) is 3. The Morgan fingerprint density at radius 2 is 2.25 bits per heavy atom. The minimum absolute atomic E-state index is 0.118. The second-order valence-corrected chi connectivity index (χ2v) is 3.37. The van der Waals surface area contributed by atoms with Crippen molar-refractivity contribution in [1.82, 2.24) is 10.6 Å². The number of nitrogens with one attached hydrogen (secondary N) is 2. The molecule has 2 N–H and O–H groups in total. The lowest BCUT2D eigenvalue weighted by atomic mass is 10.1. The van der Waals surface area contributed by atoms with Crippen molar-refractivity contribution in [2.24, 2.45) is 0 Å². The average Bonchev–Trinajstić information content (AvgIpc) is 2.65. The van der Waals surface area contributed by atoms with Gasteiger partial charge in [-0.25, -0.2) is 9.18 Å². The number of nitro groups is 1. The molecule has 1 aromatic rings. The molecule has 1 aromatic carbocycles. The van der Waals surface area contributed by atoms with Gasteiger partial charge in [-0.15, -0.1) is 0 Å². The third kappa shape index (κ3) is 1.79. The number of nitrogens with zero attached hydrogens (tertiary/aromatic N) is 1. The summed E-state index contributed by atoms with van der Waals surface area (Å²) in [5.74, 6) is -0.570. The third-order valence-corrected chi connectivity index (χ3v) is 2.34. The van der Waals surface area contributed by atoms with Gasteiger partial charge in [-0.3, -0.25) is 10.1 Å². The Kier molecular flexibility index (Phi) is 2.43. The van der Waals surface area contributed by atoms with E-state index in [2.05, 4.69) is 10.6 Å². The van der Waals surface area contributed by atoms with Crippen LogP contribution >= 0.6 is 0 Å². The fourth-order valence-electron chi connectivity index (χ4n) is 1.55. The summed E-state index contributed by atoms with van der Waals surface area (Å²) in [7, 11) is 0. The predicted octanol–water partition coefficient (Wildman–Crippen LogP) is 1.09. The highest BCUT2D eigenvalue weighted by molar-refractivity contribution is 5.77. The summed E-state index contributed by atoms with van der Waals surface area (Å²) in [5, 5.41) is 15.4. The molecule has 7 heteroatoms. The molecule has 16 heavy (non-hydrogen) atoms. The van der Waals surface area contributed by atoms with Crippen molar-refractivity contribution in [2.45, 2.75) is 6.04 Å². The molecule has 6 nitrogen and oxygen atoms in total. The first-order valence-corrected chi connectivity index (χ1v) is 4.56. The molecule has 2 rings (SSSR count). The smallest absolute Gasteiger partial charge is 0.315 e. The van der Waals surface area contributed by atoms with E-state index < -0.39 is 22.8 Å². The van der Waals surface area contributed by atoms with Crippen LogP contribution in [0.3, 0.4) is 0 Å². The summed E-state index contributed by atoms with van der Waals surface area (Å²) >= 11 is 0. The number of hydrogen-bond donors (Lipinski definition) is 2. The van der Waals surface area contributed by atoms with Crippen LogP contribution < -0.4 is 10.6 Å². The van der Waals surface area contributed by atoms with Gasteiger partial charge < -0.3 is 10.6 Å². The highest BCUT2D eigenvalue weighted by atomic mass is 19.1. The number of non-ortho nitro benzene ring substituents is 1. The van der Waals surface area contributed by atoms with E-state index in [0.29, 0.717) is 0 Å². The van der Waals surface area contributed by atoms with Gasteiger partial charge >= 0.3 is 6.03 Å². The monoisotopic (exact) mass is 225 g/mol. The summed E-state index contributed by atoms with van der Waals surface area (Å²) in [5.41, 5.74) is -0.0786. The van der Waals surface area contributed by atoms with E-state index in [4.69, 9.17) is 0 Å². The summed E-state index contributed by atoms with van der Waals surface area (Å²) in [4.78, 5) is 20.8. The first-order valence-electron chi connectivity index (χ1n) is 4.56. The predicted molar refractivity (Wildman–Crippen MR) is 52.3 cm³/mol. The fraction of sp³-hybridized carbons (Fsp3) is 0.222. The zero-order valence-electron chi connectivity index (χ0n) is 8.07. The molecule has 0 aromatic heterocycles. The topological polar surface area (TPSA) is 84.3 Å². The van der Waals surface area contributed by atoms with Gasteiger partial charge in [0.1, 0.15) is 5.82 Å². The van der Waals surface area contributed by atoms with Gasteiger partial charge in [0.05, 0.1) is 11.0 Å². The molecule has 1 aliphatic heterocycles. The lowest BCUT2D eigenvalue weighted by Gasteiger charge is -2.09. The van der Waals surface area contributed by atoms with Gasteiger partial charge in [-0.2, -0.15) is 0 Å². The maximum Gasteiger partial charge on any atom is 0.315 e. The van der Waals surface area contributed by atoms with Gasteiger partial charge in [0.25, 0.3) is 5.69 Å². The molecule has 84 valence electrons. The highest BCUT2D eigenvalue weighted by Crippen LogP contribution is 2.23. The molecule has 0 saturated carbocycles. The Balaban J connectivity index is 2.35. The van der Waals surface area contributed by atoms with E-state index in [9.17, 15) is 19.3 Å². The van der Waals surface area contributed by atoms with Crippen molar-refractivity contribution in [3.8, 4) is 0 Å². The van der Waals surface area contributed by atoms with Crippen LogP contribution in [0.2, 0.25) is 0 Å². The molecule has 1 heterocycles. The van der Waals surface area contributed by atoms with Crippen molar-refractivity contribution in [1.29, 1.82) is 0 Å². The number of urea groups is 1. The molecule has 0 unspecified atom stereocenters. The van der Waals surface area contributed by atoms with E-state index in [1.165, 1.54) is 0 Å². The standard InChI is InChI=1S/C9H8FN3O3/c10-7-2-1-5(13(15)16)3-6(7)8-4-11-9(14)12-8/h1-3,8H,4H2,(H2,11,12,14)/t8-/m0/s1. The van der Waals surface area contributed by atoms with E-state index in [1.807, 2.05) is 0 Å². The Bertz CT molecular complexity index is 463. The van der Waals surface area contributed by atoms with Crippen molar-refractivity contribution in [3.05, 3.63) is 39.7 Å². The molecule has 0 radical (unpaired) electrons. The zero-order valence-corrected chi connectivity index (χ0v) is 8.07. The first-order chi connectivity index (χ1) is 7.58. The summed E-state index contributed by atoms with van der Waals surface area (Å²) in [6.07, 6.45) is 0. The lowest BCUT2D eigenvalue weighted by Crippen LogP contribution is -2.22. The van der Waals surface area contributed by atoms with Crippen molar-refractivity contribution in [3.63, 3.8) is 0 Å². The van der Waals surface area contributed by atoms with Gasteiger partial charge in [0, 0.05) is 24.2 Å². The maximum absolute atomic E-state index is 13.4. The van der Waals surface area contributed by atoms with Crippen LogP contribution in [0, 0.1) is 15.9 Å². The number of rotatable bonds is 2. The molecule has 0 bridgehead atoms. The molecule has 1 atom stereocenters. The van der Waals surface area contributed by atoms with Gasteiger partial charge in [-0.1, -0.05) is 0 Å². The maximum atomic E-state index is 13.4. The fourth-order valence-corrected chi connectivity index (χ4v) is 1.55. The number of halogens is 1. The summed E-state index contributed by atoms with van der Waals surface area (Å²) < 4.78 is 13.4. The molecular formula is C9H8FN3O3. The molecule has 0 spiro atoms. The SMILES string of the molecule is O=C1NC[C@@H](c2cc([N+](=O)[O-])ccc2F)N1. The summed E-state index contributed by atoms with van der Waals surface area (Å²) in [6.45, 7) is 0.219. The van der Waals surface area contributed by atoms with Crippen LogP contribution in [0.1, 0.15) is 11.6 Å². The molecule has 0 aliphatic carbocycles. The lowest BCUT2D eigenvalue weighted by molar-refractivity contribution is -0.385. The number of carbonyl (C=O) groups is 1. The van der Waals surface area contributed by atoms with Crippen molar-refractivity contribution in [2.75, 3.05) is 6.54 Å². The van der Waals surface area contributed by atoms with Crippen molar-refractivity contribution < 1.29 is 14.1 Å². The Hall–Kier alpha value is -2.18. The number of carbonyl (C=O) groups excluding carboxylic acids is 1. The molecule has 1 fully saturated rings. The van der Waals surface area contributed by atoms with E-state index in [0.717, 1.165) is 18.2 Å². The third-order valence-electron chi connectivity index (χ3n) is 2.34. The van der Waals surface area contributed by atoms with Gasteiger partial charge in [-0.05, 0) is 6.07 Å². The first kappa shape index (κ1) is 10.3. The molecular weight excluding hydrogens is 217 g/mol. The largest absolute Gasteiger partial charge is 0.336 e. The number of benzene rings is 1. The quantitative estimate of drug-likeness (QED) is 0.583. The van der Waals surface area contributed by atoms with Gasteiger partial charge in [0.2, 0.25) is 0 Å². The van der Waals surface area contributed by atoms with E-state index in [1.54, 1.807) is 0 Å². The van der Waals surface area contributed by atoms with Crippen molar-refractivity contribution >= 4 is 11.7 Å². The van der Waals surface area contributed by atoms with E-state index in [-0.39, 0.29) is 17.8 Å². The van der Waals surface area contributed by atoms with Crippen LogP contribution in [0.5, 0.6) is 0 Å². The van der Waals surface area contributed by atoms with Crippen LogP contribution in [0.25, 0.3) is 0 Å². The number of amides is 2. The number of nitro benzene ring substituents is 1. The molecule has 1 aliphatic rings.